The fourth-order valence-corrected chi connectivity index (χ4v) is 2.48. The maximum Gasteiger partial charge on any atom is 0.251 e. The Balaban J connectivity index is 2.74. The fourth-order valence-electron chi connectivity index (χ4n) is 2.48. The SMILES string of the molecule is CNc1cc(C(=O)NCC(C(C)C)C(C)C)cc(C)n1. The summed E-state index contributed by atoms with van der Waals surface area (Å²) < 4.78 is 0. The van der Waals surface area contributed by atoms with Crippen molar-refractivity contribution in [3.8, 4) is 0 Å². The monoisotopic (exact) mass is 277 g/mol. The van der Waals surface area contributed by atoms with Gasteiger partial charge in [0.05, 0.1) is 0 Å². The minimum Gasteiger partial charge on any atom is -0.373 e. The summed E-state index contributed by atoms with van der Waals surface area (Å²) in [7, 11) is 1.80. The van der Waals surface area contributed by atoms with Gasteiger partial charge in [0.1, 0.15) is 5.82 Å². The van der Waals surface area contributed by atoms with Crippen molar-refractivity contribution >= 4 is 11.7 Å². The molecule has 0 aliphatic heterocycles. The molecule has 0 unspecified atom stereocenters. The molecule has 0 aliphatic rings. The molecule has 0 saturated carbocycles. The van der Waals surface area contributed by atoms with Crippen molar-refractivity contribution in [2.45, 2.75) is 34.6 Å². The zero-order valence-electron chi connectivity index (χ0n) is 13.4. The number of nitrogens with zero attached hydrogens (tertiary/aromatic N) is 1. The Labute approximate surface area is 122 Å². The molecule has 0 spiro atoms. The quantitative estimate of drug-likeness (QED) is 0.840. The van der Waals surface area contributed by atoms with E-state index in [9.17, 15) is 4.79 Å². The van der Waals surface area contributed by atoms with Crippen LogP contribution >= 0.6 is 0 Å². The topological polar surface area (TPSA) is 54.0 Å². The summed E-state index contributed by atoms with van der Waals surface area (Å²) in [5.41, 5.74) is 1.50. The largest absolute Gasteiger partial charge is 0.373 e. The van der Waals surface area contributed by atoms with Crippen LogP contribution in [-0.2, 0) is 0 Å². The molecule has 0 bridgehead atoms. The van der Waals surface area contributed by atoms with Gasteiger partial charge in [-0.25, -0.2) is 4.98 Å². The standard InChI is InChI=1S/C16H27N3O/c1-10(2)14(11(3)4)9-18-16(20)13-7-12(5)19-15(8-13)17-6/h7-8,10-11,14H,9H2,1-6H3,(H,17,19)(H,18,20). The molecule has 2 N–H and O–H groups in total. The molecule has 1 aromatic heterocycles. The Kier molecular flexibility index (Phi) is 5.99. The van der Waals surface area contributed by atoms with Crippen LogP contribution in [0.25, 0.3) is 0 Å². The number of hydrogen-bond donors (Lipinski definition) is 2. The number of aryl methyl sites for hydroxylation is 1. The molecule has 0 fully saturated rings. The van der Waals surface area contributed by atoms with Crippen molar-refractivity contribution in [3.63, 3.8) is 0 Å². The highest BCUT2D eigenvalue weighted by Crippen LogP contribution is 2.19. The van der Waals surface area contributed by atoms with Gasteiger partial charge in [0.2, 0.25) is 0 Å². The predicted molar refractivity (Wildman–Crippen MR) is 84.0 cm³/mol. The molecule has 1 heterocycles. The smallest absolute Gasteiger partial charge is 0.251 e. The van der Waals surface area contributed by atoms with Crippen LogP contribution in [0.3, 0.4) is 0 Å². The number of pyridine rings is 1. The van der Waals surface area contributed by atoms with Gasteiger partial charge in [0, 0.05) is 24.8 Å². The highest BCUT2D eigenvalue weighted by atomic mass is 16.1. The highest BCUT2D eigenvalue weighted by Gasteiger charge is 2.18. The maximum atomic E-state index is 12.2. The van der Waals surface area contributed by atoms with Crippen molar-refractivity contribution in [3.05, 3.63) is 23.4 Å². The first-order chi connectivity index (χ1) is 9.35. The Morgan fingerprint density at radius 3 is 2.30 bits per heavy atom. The highest BCUT2D eigenvalue weighted by molar-refractivity contribution is 5.95. The van der Waals surface area contributed by atoms with Crippen molar-refractivity contribution < 1.29 is 4.79 Å². The van der Waals surface area contributed by atoms with E-state index in [2.05, 4.69) is 43.3 Å². The summed E-state index contributed by atoms with van der Waals surface area (Å²) in [4.78, 5) is 16.5. The maximum absolute atomic E-state index is 12.2. The third kappa shape index (κ3) is 4.51. The van der Waals surface area contributed by atoms with Crippen LogP contribution in [0.2, 0.25) is 0 Å². The number of hydrogen-bond acceptors (Lipinski definition) is 3. The van der Waals surface area contributed by atoms with E-state index in [0.717, 1.165) is 11.5 Å². The van der Waals surface area contributed by atoms with E-state index in [0.29, 0.717) is 29.9 Å². The first-order valence-corrected chi connectivity index (χ1v) is 7.29. The molecule has 0 saturated heterocycles. The van der Waals surface area contributed by atoms with Gasteiger partial charge in [-0.2, -0.15) is 0 Å². The lowest BCUT2D eigenvalue weighted by Crippen LogP contribution is -2.34. The molecule has 4 nitrogen and oxygen atoms in total. The summed E-state index contributed by atoms with van der Waals surface area (Å²) in [6, 6.07) is 3.60. The number of anilines is 1. The number of rotatable bonds is 6. The normalized spacial score (nSPS) is 11.2. The van der Waals surface area contributed by atoms with Crippen molar-refractivity contribution in [1.82, 2.24) is 10.3 Å². The lowest BCUT2D eigenvalue weighted by molar-refractivity contribution is 0.0937. The summed E-state index contributed by atoms with van der Waals surface area (Å²) in [6.45, 7) is 11.4. The number of nitrogens with one attached hydrogen (secondary N) is 2. The lowest BCUT2D eigenvalue weighted by atomic mass is 9.85. The molecule has 1 amide bonds. The first-order valence-electron chi connectivity index (χ1n) is 7.29. The van der Waals surface area contributed by atoms with Gasteiger partial charge in [-0.3, -0.25) is 4.79 Å². The number of carbonyl (C=O) groups excluding carboxylic acids is 1. The third-order valence-electron chi connectivity index (χ3n) is 3.68. The van der Waals surface area contributed by atoms with E-state index >= 15 is 0 Å². The van der Waals surface area contributed by atoms with Gasteiger partial charge in [-0.1, -0.05) is 27.7 Å². The van der Waals surface area contributed by atoms with Crippen LogP contribution in [0.4, 0.5) is 5.82 Å². The van der Waals surface area contributed by atoms with Gasteiger partial charge in [-0.05, 0) is 36.8 Å². The predicted octanol–water partition coefficient (Wildman–Crippen LogP) is 3.09. The minimum atomic E-state index is -0.0294. The molecule has 0 aliphatic carbocycles. The van der Waals surface area contributed by atoms with E-state index in [-0.39, 0.29) is 5.91 Å². The van der Waals surface area contributed by atoms with Crippen LogP contribution in [0, 0.1) is 24.7 Å². The number of aromatic nitrogens is 1. The van der Waals surface area contributed by atoms with E-state index in [1.165, 1.54) is 0 Å². The molecule has 20 heavy (non-hydrogen) atoms. The van der Waals surface area contributed by atoms with Crippen molar-refractivity contribution in [2.75, 3.05) is 18.9 Å². The molecule has 0 radical (unpaired) electrons. The van der Waals surface area contributed by atoms with Crippen LogP contribution in [0.1, 0.15) is 43.7 Å². The molecular formula is C16H27N3O. The van der Waals surface area contributed by atoms with Gasteiger partial charge >= 0.3 is 0 Å². The van der Waals surface area contributed by atoms with Gasteiger partial charge in [0.25, 0.3) is 5.91 Å². The second kappa shape index (κ2) is 7.27. The van der Waals surface area contributed by atoms with Crippen LogP contribution < -0.4 is 10.6 Å². The van der Waals surface area contributed by atoms with Gasteiger partial charge in [-0.15, -0.1) is 0 Å². The summed E-state index contributed by atoms with van der Waals surface area (Å²) in [5, 5.41) is 6.02. The second-order valence-electron chi connectivity index (χ2n) is 5.99. The average molecular weight is 277 g/mol. The van der Waals surface area contributed by atoms with Crippen LogP contribution in [0.5, 0.6) is 0 Å². The summed E-state index contributed by atoms with van der Waals surface area (Å²) in [6.07, 6.45) is 0. The molecule has 112 valence electrons. The van der Waals surface area contributed by atoms with E-state index in [1.54, 1.807) is 13.1 Å². The summed E-state index contributed by atoms with van der Waals surface area (Å²) in [5.74, 6) is 2.30. The Hall–Kier alpha value is -1.58. The molecule has 0 aromatic carbocycles. The molecule has 1 rings (SSSR count). The van der Waals surface area contributed by atoms with E-state index < -0.39 is 0 Å². The second-order valence-corrected chi connectivity index (χ2v) is 5.99. The van der Waals surface area contributed by atoms with E-state index in [1.807, 2.05) is 13.0 Å². The molecule has 1 aromatic rings. The van der Waals surface area contributed by atoms with Crippen LogP contribution in [-0.4, -0.2) is 24.5 Å². The van der Waals surface area contributed by atoms with Gasteiger partial charge in [0.15, 0.2) is 0 Å². The number of carbonyl (C=O) groups is 1. The lowest BCUT2D eigenvalue weighted by Gasteiger charge is -2.25. The van der Waals surface area contributed by atoms with Gasteiger partial charge < -0.3 is 10.6 Å². The average Bonchev–Trinajstić information content (AvgIpc) is 2.37. The zero-order valence-corrected chi connectivity index (χ0v) is 13.4. The molecule has 4 heteroatoms. The number of amides is 1. The molecule has 0 atom stereocenters. The summed E-state index contributed by atoms with van der Waals surface area (Å²) >= 11 is 0. The fraction of sp³-hybridized carbons (Fsp3) is 0.625. The van der Waals surface area contributed by atoms with E-state index in [4.69, 9.17) is 0 Å². The Morgan fingerprint density at radius 1 is 1.20 bits per heavy atom. The Bertz CT molecular complexity index is 447. The third-order valence-corrected chi connectivity index (χ3v) is 3.68. The van der Waals surface area contributed by atoms with Crippen LogP contribution in [0.15, 0.2) is 12.1 Å². The minimum absolute atomic E-state index is 0.0294. The first kappa shape index (κ1) is 16.5. The molecular weight excluding hydrogens is 250 g/mol. The zero-order chi connectivity index (χ0) is 15.3. The Morgan fingerprint density at radius 2 is 1.80 bits per heavy atom. The van der Waals surface area contributed by atoms with Crippen molar-refractivity contribution in [2.24, 2.45) is 17.8 Å². The van der Waals surface area contributed by atoms with Crippen molar-refractivity contribution in [1.29, 1.82) is 0 Å².